The zero-order valence-electron chi connectivity index (χ0n) is 8.20. The zero-order valence-corrected chi connectivity index (χ0v) is 8.20. The summed E-state index contributed by atoms with van der Waals surface area (Å²) in [4.78, 5) is 23.9. The van der Waals surface area contributed by atoms with Crippen LogP contribution in [0.25, 0.3) is 0 Å². The third kappa shape index (κ3) is 2.12. The smallest absolute Gasteiger partial charge is 0.230 e. The fourth-order valence-electron chi connectivity index (χ4n) is 2.00. The lowest BCUT2D eigenvalue weighted by molar-refractivity contribution is -0.130. The molecule has 1 unspecified atom stereocenters. The first-order valence-corrected chi connectivity index (χ1v) is 5.17. The molecule has 0 saturated carbocycles. The molecule has 2 aliphatic rings. The summed E-state index contributed by atoms with van der Waals surface area (Å²) in [7, 11) is 0. The van der Waals surface area contributed by atoms with Gasteiger partial charge in [0.2, 0.25) is 5.91 Å². The van der Waals surface area contributed by atoms with Gasteiger partial charge in [-0.1, -0.05) is 0 Å². The summed E-state index contributed by atoms with van der Waals surface area (Å²) in [5.74, 6) is -0.00465. The number of carbonyl (C=O) groups is 2. The summed E-state index contributed by atoms with van der Waals surface area (Å²) in [6.45, 7) is 1.68. The lowest BCUT2D eigenvalue weighted by atomic mass is 10.1. The molecule has 0 aliphatic carbocycles. The van der Waals surface area contributed by atoms with E-state index in [4.69, 9.17) is 4.74 Å². The van der Waals surface area contributed by atoms with Gasteiger partial charge in [0.25, 0.3) is 0 Å². The molecular formula is C10H15NO3. The highest BCUT2D eigenvalue weighted by atomic mass is 16.5. The number of amides is 1. The molecule has 2 rings (SSSR count). The van der Waals surface area contributed by atoms with Gasteiger partial charge in [0.1, 0.15) is 0 Å². The fourth-order valence-corrected chi connectivity index (χ4v) is 2.00. The monoisotopic (exact) mass is 197 g/mol. The summed E-state index contributed by atoms with van der Waals surface area (Å²) in [6.07, 6.45) is 3.54. The van der Waals surface area contributed by atoms with Gasteiger partial charge < -0.3 is 9.64 Å². The first-order valence-electron chi connectivity index (χ1n) is 5.17. The molecule has 0 radical (unpaired) electrons. The topological polar surface area (TPSA) is 46.6 Å². The number of nitrogens with zero attached hydrogens (tertiary/aromatic N) is 1. The fraction of sp³-hybridized carbons (Fsp3) is 0.800. The van der Waals surface area contributed by atoms with E-state index in [0.717, 1.165) is 19.4 Å². The first-order chi connectivity index (χ1) is 6.75. The third-order valence-corrected chi connectivity index (χ3v) is 2.77. The molecule has 2 saturated heterocycles. The zero-order chi connectivity index (χ0) is 9.97. The third-order valence-electron chi connectivity index (χ3n) is 2.77. The van der Waals surface area contributed by atoms with Gasteiger partial charge in [0, 0.05) is 13.2 Å². The molecule has 2 heterocycles. The minimum atomic E-state index is -0.0378. The molecule has 0 N–H and O–H groups in total. The molecule has 1 atom stereocenters. The molecule has 0 aromatic rings. The molecule has 0 bridgehead atoms. The Kier molecular flexibility index (Phi) is 2.82. The Morgan fingerprint density at radius 3 is 2.79 bits per heavy atom. The largest absolute Gasteiger partial charge is 0.376 e. The van der Waals surface area contributed by atoms with Crippen molar-refractivity contribution in [3.05, 3.63) is 0 Å². The number of ketones is 1. The predicted octanol–water partition coefficient (Wildman–Crippen LogP) is 0.357. The van der Waals surface area contributed by atoms with Gasteiger partial charge in [0.05, 0.1) is 19.1 Å². The number of hydrogen-bond donors (Lipinski definition) is 0. The van der Waals surface area contributed by atoms with Crippen LogP contribution in [-0.2, 0) is 14.3 Å². The van der Waals surface area contributed by atoms with Crippen molar-refractivity contribution in [3.8, 4) is 0 Å². The van der Waals surface area contributed by atoms with E-state index in [1.54, 1.807) is 4.90 Å². The minimum absolute atomic E-state index is 0.0332. The standard InChI is InChI=1S/C10H15NO3/c12-8-5-10(13)11(6-8)7-9-3-1-2-4-14-9/h9H,1-7H2. The highest BCUT2D eigenvalue weighted by molar-refractivity contribution is 6.05. The maximum Gasteiger partial charge on any atom is 0.230 e. The predicted molar refractivity (Wildman–Crippen MR) is 49.8 cm³/mol. The molecular weight excluding hydrogens is 182 g/mol. The van der Waals surface area contributed by atoms with Crippen LogP contribution >= 0.6 is 0 Å². The van der Waals surface area contributed by atoms with Crippen LogP contribution < -0.4 is 0 Å². The Labute approximate surface area is 83.2 Å². The SMILES string of the molecule is O=C1CC(=O)N(CC2CCCCO2)C1. The van der Waals surface area contributed by atoms with E-state index in [0.29, 0.717) is 13.1 Å². The second-order valence-corrected chi connectivity index (χ2v) is 3.98. The van der Waals surface area contributed by atoms with Crippen LogP contribution in [0.3, 0.4) is 0 Å². The van der Waals surface area contributed by atoms with Crippen molar-refractivity contribution in [2.24, 2.45) is 0 Å². The quantitative estimate of drug-likeness (QED) is 0.600. The van der Waals surface area contributed by atoms with Crippen LogP contribution in [0, 0.1) is 0 Å². The molecule has 4 heteroatoms. The molecule has 0 aromatic heterocycles. The Hall–Kier alpha value is -0.900. The molecule has 2 aliphatic heterocycles. The van der Waals surface area contributed by atoms with E-state index in [9.17, 15) is 9.59 Å². The van der Waals surface area contributed by atoms with Crippen molar-refractivity contribution in [1.82, 2.24) is 4.90 Å². The van der Waals surface area contributed by atoms with Crippen LogP contribution in [-0.4, -0.2) is 42.4 Å². The van der Waals surface area contributed by atoms with E-state index < -0.39 is 0 Å². The highest BCUT2D eigenvalue weighted by Gasteiger charge is 2.29. The molecule has 78 valence electrons. The molecule has 2 fully saturated rings. The van der Waals surface area contributed by atoms with Crippen molar-refractivity contribution < 1.29 is 14.3 Å². The van der Waals surface area contributed by atoms with Crippen molar-refractivity contribution in [2.75, 3.05) is 19.7 Å². The Morgan fingerprint density at radius 1 is 1.36 bits per heavy atom. The van der Waals surface area contributed by atoms with E-state index in [1.807, 2.05) is 0 Å². The summed E-state index contributed by atoms with van der Waals surface area (Å²) >= 11 is 0. The van der Waals surface area contributed by atoms with Crippen LogP contribution in [0.5, 0.6) is 0 Å². The van der Waals surface area contributed by atoms with Gasteiger partial charge in [0.15, 0.2) is 5.78 Å². The summed E-state index contributed by atoms with van der Waals surface area (Å²) in [5.41, 5.74) is 0. The van der Waals surface area contributed by atoms with Crippen LogP contribution in [0.15, 0.2) is 0 Å². The number of Topliss-reactive ketones (excluding diaryl/α,β-unsaturated/α-hetero) is 1. The Balaban J connectivity index is 1.84. The van der Waals surface area contributed by atoms with Crippen LogP contribution in [0.2, 0.25) is 0 Å². The van der Waals surface area contributed by atoms with Gasteiger partial charge in [-0.25, -0.2) is 0 Å². The lowest BCUT2D eigenvalue weighted by Gasteiger charge is -2.26. The van der Waals surface area contributed by atoms with Crippen LogP contribution in [0.4, 0.5) is 0 Å². The number of likely N-dealkylation sites (tertiary alicyclic amines) is 1. The maximum atomic E-state index is 11.3. The van der Waals surface area contributed by atoms with E-state index >= 15 is 0 Å². The molecule has 0 aromatic carbocycles. The number of rotatable bonds is 2. The molecule has 0 spiro atoms. The lowest BCUT2D eigenvalue weighted by Crippen LogP contribution is -2.36. The minimum Gasteiger partial charge on any atom is -0.376 e. The van der Waals surface area contributed by atoms with Crippen molar-refractivity contribution >= 4 is 11.7 Å². The average molecular weight is 197 g/mol. The number of ether oxygens (including phenoxy) is 1. The molecule has 14 heavy (non-hydrogen) atoms. The van der Waals surface area contributed by atoms with Gasteiger partial charge >= 0.3 is 0 Å². The van der Waals surface area contributed by atoms with Gasteiger partial charge in [-0.05, 0) is 19.3 Å². The van der Waals surface area contributed by atoms with E-state index in [1.165, 1.54) is 6.42 Å². The van der Waals surface area contributed by atoms with Crippen molar-refractivity contribution in [2.45, 2.75) is 31.8 Å². The highest BCUT2D eigenvalue weighted by Crippen LogP contribution is 2.16. The van der Waals surface area contributed by atoms with E-state index in [-0.39, 0.29) is 24.2 Å². The normalized spacial score (nSPS) is 28.6. The summed E-state index contributed by atoms with van der Waals surface area (Å²) < 4.78 is 5.52. The van der Waals surface area contributed by atoms with Gasteiger partial charge in [-0.15, -0.1) is 0 Å². The van der Waals surface area contributed by atoms with Crippen molar-refractivity contribution in [3.63, 3.8) is 0 Å². The maximum absolute atomic E-state index is 11.3. The Bertz CT molecular complexity index is 246. The Morgan fingerprint density at radius 2 is 2.21 bits per heavy atom. The van der Waals surface area contributed by atoms with Gasteiger partial charge in [-0.3, -0.25) is 9.59 Å². The molecule has 1 amide bonds. The summed E-state index contributed by atoms with van der Waals surface area (Å²) in [5, 5.41) is 0. The van der Waals surface area contributed by atoms with Crippen LogP contribution in [0.1, 0.15) is 25.7 Å². The number of carbonyl (C=O) groups excluding carboxylic acids is 2. The molecule has 4 nitrogen and oxygen atoms in total. The second kappa shape index (κ2) is 4.09. The van der Waals surface area contributed by atoms with Crippen molar-refractivity contribution in [1.29, 1.82) is 0 Å². The number of hydrogen-bond acceptors (Lipinski definition) is 3. The summed E-state index contributed by atoms with van der Waals surface area (Å²) in [6, 6.07) is 0. The first kappa shape index (κ1) is 9.65. The second-order valence-electron chi connectivity index (χ2n) is 3.98. The average Bonchev–Trinajstić information content (AvgIpc) is 2.47. The van der Waals surface area contributed by atoms with E-state index in [2.05, 4.69) is 0 Å². The van der Waals surface area contributed by atoms with Gasteiger partial charge in [-0.2, -0.15) is 0 Å².